The van der Waals surface area contributed by atoms with E-state index >= 15 is 0 Å². The summed E-state index contributed by atoms with van der Waals surface area (Å²) in [6.07, 6.45) is 4.77. The molecule has 8 heteroatoms. The van der Waals surface area contributed by atoms with Gasteiger partial charge in [-0.15, -0.1) is 0 Å². The molecule has 0 saturated carbocycles. The van der Waals surface area contributed by atoms with Crippen molar-refractivity contribution in [1.82, 2.24) is 4.90 Å². The molecule has 2 atom stereocenters. The summed E-state index contributed by atoms with van der Waals surface area (Å²) in [5.74, 6) is -1.92. The molecule has 3 rings (SSSR count). The number of pyridine rings is 1. The fraction of sp³-hybridized carbons (Fsp3) is 0.524. The normalized spacial score (nSPS) is 21.8. The highest BCUT2D eigenvalue weighted by Crippen LogP contribution is 2.41. The molecule has 0 radical (unpaired) electrons. The molecule has 0 spiro atoms. The third-order valence-electron chi connectivity index (χ3n) is 5.22. The van der Waals surface area contributed by atoms with E-state index in [0.717, 1.165) is 25.9 Å². The van der Waals surface area contributed by atoms with E-state index in [1.54, 1.807) is 32.9 Å². The lowest BCUT2D eigenvalue weighted by atomic mass is 9.77. The first-order chi connectivity index (χ1) is 14.0. The van der Waals surface area contributed by atoms with Gasteiger partial charge in [-0.3, -0.25) is 4.79 Å². The van der Waals surface area contributed by atoms with Gasteiger partial charge in [0.05, 0.1) is 24.5 Å². The van der Waals surface area contributed by atoms with Crippen molar-refractivity contribution in [1.29, 1.82) is 0 Å². The van der Waals surface area contributed by atoms with E-state index in [1.807, 2.05) is 0 Å². The van der Waals surface area contributed by atoms with Gasteiger partial charge in [0.2, 0.25) is 0 Å². The Balaban J connectivity index is 2.19. The zero-order chi connectivity index (χ0) is 21.0. The van der Waals surface area contributed by atoms with E-state index in [1.165, 1.54) is 12.4 Å². The molecule has 1 aromatic rings. The highest BCUT2D eigenvalue weighted by atomic mass is 16.5. The minimum absolute atomic E-state index is 0.200. The molecule has 29 heavy (non-hydrogen) atoms. The number of nitrogens with zero attached hydrogens (tertiary/aromatic N) is 3. The van der Waals surface area contributed by atoms with Crippen LogP contribution >= 0.6 is 0 Å². The van der Waals surface area contributed by atoms with Crippen LogP contribution in [0.25, 0.3) is 0 Å². The van der Waals surface area contributed by atoms with Crippen molar-refractivity contribution in [2.75, 3.05) is 26.3 Å². The summed E-state index contributed by atoms with van der Waals surface area (Å²) in [4.78, 5) is 32.7. The van der Waals surface area contributed by atoms with Gasteiger partial charge in [0.25, 0.3) is 0 Å². The Hall–Kier alpha value is -2.90. The van der Waals surface area contributed by atoms with Crippen LogP contribution in [0.15, 0.2) is 40.8 Å². The van der Waals surface area contributed by atoms with Gasteiger partial charge in [-0.1, -0.05) is 0 Å². The third kappa shape index (κ3) is 4.26. The lowest BCUT2D eigenvalue weighted by molar-refractivity contribution is -0.605. The number of ether oxygens (including phenoxy) is 2. The fourth-order valence-corrected chi connectivity index (χ4v) is 4.03. The van der Waals surface area contributed by atoms with E-state index in [4.69, 9.17) is 9.47 Å². The van der Waals surface area contributed by atoms with Crippen molar-refractivity contribution in [3.8, 4) is 0 Å². The zero-order valence-corrected chi connectivity index (χ0v) is 17.1. The molecule has 0 N–H and O–H groups in total. The Morgan fingerprint density at radius 2 is 1.93 bits per heavy atom. The number of aliphatic imine (C=N–C) groups is 1. The first-order valence-corrected chi connectivity index (χ1v) is 10.0. The average Bonchev–Trinajstić information content (AvgIpc) is 3.22. The number of hydrogen-bond donors (Lipinski definition) is 0. The van der Waals surface area contributed by atoms with Crippen molar-refractivity contribution >= 4 is 17.8 Å². The molecular formula is C21H27N3O5. The van der Waals surface area contributed by atoms with Crippen LogP contribution in [0.2, 0.25) is 0 Å². The minimum Gasteiger partial charge on any atom is -0.619 e. The van der Waals surface area contributed by atoms with Gasteiger partial charge in [-0.2, -0.15) is 4.73 Å². The van der Waals surface area contributed by atoms with Gasteiger partial charge in [0.15, 0.2) is 12.4 Å². The predicted molar refractivity (Wildman–Crippen MR) is 106 cm³/mol. The maximum atomic E-state index is 13.1. The molecule has 2 aliphatic heterocycles. The number of aromatic nitrogens is 1. The van der Waals surface area contributed by atoms with E-state index in [0.29, 0.717) is 27.4 Å². The van der Waals surface area contributed by atoms with Crippen LogP contribution in [0.1, 0.15) is 45.1 Å². The van der Waals surface area contributed by atoms with E-state index in [-0.39, 0.29) is 13.2 Å². The minimum atomic E-state index is -0.821. The largest absolute Gasteiger partial charge is 0.619 e. The molecule has 0 bridgehead atoms. The van der Waals surface area contributed by atoms with Gasteiger partial charge in [-0.25, -0.2) is 9.79 Å². The highest BCUT2D eigenvalue weighted by molar-refractivity contribution is 6.07. The molecule has 8 nitrogen and oxygen atoms in total. The quantitative estimate of drug-likeness (QED) is 0.425. The Morgan fingerprint density at radius 3 is 2.55 bits per heavy atom. The van der Waals surface area contributed by atoms with Crippen molar-refractivity contribution < 1.29 is 23.8 Å². The molecule has 2 aliphatic rings. The smallest absolute Gasteiger partial charge is 0.336 e. The SMILES string of the molecule is CCOC(=O)C1=C(C)N=C(N2CCCC2)C(C(=O)OCC)C1c1ccc[n+]([O-])c1. The van der Waals surface area contributed by atoms with Crippen LogP contribution in [0.3, 0.4) is 0 Å². The molecule has 0 aliphatic carbocycles. The Labute approximate surface area is 170 Å². The molecule has 1 saturated heterocycles. The van der Waals surface area contributed by atoms with Crippen molar-refractivity contribution in [3.63, 3.8) is 0 Å². The second kappa shape index (κ2) is 9.07. The first kappa shape index (κ1) is 20.8. The standard InChI is InChI=1S/C21H27N3O5/c1-4-28-20(25)16-14(3)22-19(23-10-6-7-11-23)18(21(26)29-5-2)17(16)15-9-8-12-24(27)13-15/h8-9,12-13,17-18H,4-7,10-11H2,1-3H3. The summed E-state index contributed by atoms with van der Waals surface area (Å²) in [6, 6.07) is 3.34. The summed E-state index contributed by atoms with van der Waals surface area (Å²) in [6.45, 7) is 7.20. The summed E-state index contributed by atoms with van der Waals surface area (Å²) in [5.41, 5.74) is 1.34. The summed E-state index contributed by atoms with van der Waals surface area (Å²) in [7, 11) is 0. The fourth-order valence-electron chi connectivity index (χ4n) is 4.03. The molecular weight excluding hydrogens is 374 g/mol. The summed E-state index contributed by atoms with van der Waals surface area (Å²) < 4.78 is 11.3. The Kier molecular flexibility index (Phi) is 6.51. The second-order valence-corrected chi connectivity index (χ2v) is 7.09. The second-order valence-electron chi connectivity index (χ2n) is 7.09. The number of hydrogen-bond acceptors (Lipinski definition) is 7. The first-order valence-electron chi connectivity index (χ1n) is 10.0. The number of rotatable bonds is 5. The number of carbonyl (C=O) groups is 2. The number of esters is 2. The van der Waals surface area contributed by atoms with E-state index < -0.39 is 23.8 Å². The maximum absolute atomic E-state index is 13.1. The van der Waals surface area contributed by atoms with Gasteiger partial charge in [-0.05, 0) is 39.7 Å². The van der Waals surface area contributed by atoms with Crippen LogP contribution in [-0.2, 0) is 19.1 Å². The van der Waals surface area contributed by atoms with E-state index in [9.17, 15) is 14.8 Å². The van der Waals surface area contributed by atoms with Gasteiger partial charge in [0, 0.05) is 30.6 Å². The third-order valence-corrected chi connectivity index (χ3v) is 5.22. The van der Waals surface area contributed by atoms with Gasteiger partial charge < -0.3 is 19.6 Å². The molecule has 1 aromatic heterocycles. The molecule has 0 aromatic carbocycles. The molecule has 156 valence electrons. The Bertz CT molecular complexity index is 842. The van der Waals surface area contributed by atoms with Crippen LogP contribution in [-0.4, -0.2) is 49.0 Å². The Morgan fingerprint density at radius 1 is 1.24 bits per heavy atom. The van der Waals surface area contributed by atoms with Crippen molar-refractivity contribution in [3.05, 3.63) is 46.6 Å². The number of likely N-dealkylation sites (tertiary alicyclic amines) is 1. The topological polar surface area (TPSA) is 95.1 Å². The summed E-state index contributed by atoms with van der Waals surface area (Å²) in [5, 5.41) is 12.0. The predicted octanol–water partition coefficient (Wildman–Crippen LogP) is 1.93. The van der Waals surface area contributed by atoms with Crippen molar-refractivity contribution in [2.45, 2.75) is 39.5 Å². The summed E-state index contributed by atoms with van der Waals surface area (Å²) >= 11 is 0. The van der Waals surface area contributed by atoms with Crippen LogP contribution in [0.4, 0.5) is 0 Å². The van der Waals surface area contributed by atoms with Gasteiger partial charge in [0.1, 0.15) is 11.8 Å². The van der Waals surface area contributed by atoms with Crippen molar-refractivity contribution in [2.24, 2.45) is 10.9 Å². The maximum Gasteiger partial charge on any atom is 0.336 e. The van der Waals surface area contributed by atoms with Crippen LogP contribution in [0.5, 0.6) is 0 Å². The lowest BCUT2D eigenvalue weighted by Gasteiger charge is -2.35. The number of allylic oxidation sites excluding steroid dienone is 1. The average molecular weight is 401 g/mol. The van der Waals surface area contributed by atoms with Crippen LogP contribution in [0, 0.1) is 11.1 Å². The van der Waals surface area contributed by atoms with Gasteiger partial charge >= 0.3 is 11.9 Å². The molecule has 1 fully saturated rings. The van der Waals surface area contributed by atoms with E-state index in [2.05, 4.69) is 9.89 Å². The zero-order valence-electron chi connectivity index (χ0n) is 17.1. The monoisotopic (exact) mass is 401 g/mol. The highest BCUT2D eigenvalue weighted by Gasteiger charge is 2.46. The number of carbonyl (C=O) groups excluding carboxylic acids is 2. The van der Waals surface area contributed by atoms with Crippen LogP contribution < -0.4 is 4.73 Å². The lowest BCUT2D eigenvalue weighted by Crippen LogP contribution is -2.45. The molecule has 0 amide bonds. The number of amidine groups is 1. The molecule has 2 unspecified atom stereocenters. The molecule has 3 heterocycles.